The molecule has 0 unspecified atom stereocenters. The van der Waals surface area contributed by atoms with Crippen molar-refractivity contribution >= 4 is 22.7 Å². The first kappa shape index (κ1) is 51.2. The van der Waals surface area contributed by atoms with Gasteiger partial charge in [-0.1, -0.05) is 75.1 Å². The number of fused-ring (bicyclic) bond motifs is 10. The monoisotopic (exact) mass is 1020 g/mol. The van der Waals surface area contributed by atoms with Gasteiger partial charge in [-0.05, 0) is 118 Å². The molecular formula is C60H78O14. The maximum absolute atomic E-state index is 13.0. The lowest BCUT2D eigenvalue weighted by atomic mass is 9.78. The van der Waals surface area contributed by atoms with E-state index in [1.165, 1.54) is 0 Å². The van der Waals surface area contributed by atoms with Crippen LogP contribution in [0.2, 0.25) is 0 Å². The van der Waals surface area contributed by atoms with Crippen molar-refractivity contribution in [2.45, 2.75) is 245 Å². The van der Waals surface area contributed by atoms with Gasteiger partial charge in [0.25, 0.3) is 0 Å². The largest absolute Gasteiger partial charge is 0.459 e. The van der Waals surface area contributed by atoms with Crippen LogP contribution in [0.3, 0.4) is 0 Å². The van der Waals surface area contributed by atoms with E-state index in [2.05, 4.69) is 58.6 Å². The molecule has 74 heavy (non-hydrogen) atoms. The van der Waals surface area contributed by atoms with Crippen molar-refractivity contribution in [1.29, 1.82) is 0 Å². The van der Waals surface area contributed by atoms with Gasteiger partial charge in [-0.25, -0.2) is 4.79 Å². The zero-order valence-corrected chi connectivity index (χ0v) is 43.7. The van der Waals surface area contributed by atoms with E-state index < -0.39 is 29.4 Å². The van der Waals surface area contributed by atoms with E-state index in [0.717, 1.165) is 67.7 Å². The number of aliphatic hydroxyl groups excluding tert-OH is 1. The lowest BCUT2D eigenvalue weighted by Crippen LogP contribution is -2.65. The highest BCUT2D eigenvalue weighted by molar-refractivity contribution is 5.95. The molecule has 8 saturated heterocycles. The summed E-state index contributed by atoms with van der Waals surface area (Å²) in [4.78, 5) is 25.3. The van der Waals surface area contributed by atoms with Crippen molar-refractivity contribution < 1.29 is 66.8 Å². The second-order valence-corrected chi connectivity index (χ2v) is 24.3. The van der Waals surface area contributed by atoms with Crippen LogP contribution in [0.4, 0.5) is 0 Å². The molecule has 0 amide bonds. The molecule has 0 radical (unpaired) electrons. The Morgan fingerprint density at radius 2 is 1.42 bits per heavy atom. The van der Waals surface area contributed by atoms with Crippen molar-refractivity contribution in [3.05, 3.63) is 84.5 Å². The van der Waals surface area contributed by atoms with Crippen molar-refractivity contribution in [2.75, 3.05) is 6.61 Å². The first-order valence-electron chi connectivity index (χ1n) is 28.2. The summed E-state index contributed by atoms with van der Waals surface area (Å²) in [5.41, 5.74) is 0.0785. The SMILES string of the molecule is C=C(COC(=O)c1ccc2ccccc2c1)C[C@@H]1C[C@H](O)[C@@H]2O[C@@H]3C[C@]4(C)O[C@@H]5/C=C\C[C@@H]6O[C@H]7[C@H](C/C=C\C[C@H]6O[C@H]5CCC[C@H]4O[C@H]3C[C@H]2O1)O[C@@H]1C[C@@H]2O[C@@H]3CC(=O)O[C@H]3C[C@@H](C)C[C@@]2(C)O[C@H]1C[C@@H]7C. The van der Waals surface area contributed by atoms with Gasteiger partial charge in [0.2, 0.25) is 0 Å². The maximum Gasteiger partial charge on any atom is 0.338 e. The first-order valence-corrected chi connectivity index (χ1v) is 28.2. The molecule has 14 heteroatoms. The second-order valence-electron chi connectivity index (χ2n) is 24.3. The summed E-state index contributed by atoms with van der Waals surface area (Å²) in [7, 11) is 0. The Morgan fingerprint density at radius 3 is 2.28 bits per heavy atom. The first-order chi connectivity index (χ1) is 35.7. The fourth-order valence-electron chi connectivity index (χ4n) is 14.8. The fraction of sp³-hybridized carbons (Fsp3) is 0.700. The van der Waals surface area contributed by atoms with Gasteiger partial charge in [-0.3, -0.25) is 4.79 Å². The highest BCUT2D eigenvalue weighted by Gasteiger charge is 2.57. The van der Waals surface area contributed by atoms with Gasteiger partial charge in [0, 0.05) is 25.7 Å². The van der Waals surface area contributed by atoms with Crippen molar-refractivity contribution in [3.63, 3.8) is 0 Å². The van der Waals surface area contributed by atoms with E-state index in [1.54, 1.807) is 6.07 Å². The van der Waals surface area contributed by atoms with Crippen LogP contribution in [0.5, 0.6) is 0 Å². The predicted molar refractivity (Wildman–Crippen MR) is 272 cm³/mol. The summed E-state index contributed by atoms with van der Waals surface area (Å²) in [6.45, 7) is 13.2. The standard InChI is InChI=1S/C60H78O14/c1-33-23-46-49(29-55(62)70-46)69-54-28-48-50(74-59(54,4)30-33)24-35(3)56-45(67-48)15-9-8-14-41-42(71-56)16-10-18-44-43(66-41)17-11-19-53-60(5,73-44)31-52-47(68-53)27-51-57(72-52)40(61)26-39(65-51)22-34(2)32-64-58(63)38-21-20-36-12-6-7-13-37(36)25-38/h6-10,12-13,18,20-21,25,33,35,39-54,56-57,61H,2,11,14-17,19,22-24,26-32H2,1,3-5H3/b9-8-,18-10-/t33-,35+,39-,40+,41-,42+,43+,44-,45+,46+,47+,48-,49-,50+,51-,52-,53-,54+,56-,57+,59-,60+/m1/s1. The number of esters is 2. The third kappa shape index (κ3) is 10.5. The molecule has 10 heterocycles. The van der Waals surface area contributed by atoms with E-state index >= 15 is 0 Å². The average Bonchev–Trinajstić information content (AvgIpc) is 3.67. The molecule has 0 spiro atoms. The average molecular weight is 1020 g/mol. The van der Waals surface area contributed by atoms with Gasteiger partial charge >= 0.3 is 11.9 Å². The summed E-state index contributed by atoms with van der Waals surface area (Å²) >= 11 is 0. The van der Waals surface area contributed by atoms with Crippen LogP contribution in [-0.4, -0.2) is 145 Å². The summed E-state index contributed by atoms with van der Waals surface area (Å²) in [5, 5.41) is 13.6. The molecule has 8 fully saturated rings. The number of hydrogen-bond acceptors (Lipinski definition) is 14. The third-order valence-electron chi connectivity index (χ3n) is 18.4. The van der Waals surface area contributed by atoms with Gasteiger partial charge in [0.1, 0.15) is 31.0 Å². The summed E-state index contributed by atoms with van der Waals surface area (Å²) in [6, 6.07) is 13.5. The Kier molecular flexibility index (Phi) is 14.5. The quantitative estimate of drug-likeness (QED) is 0.224. The summed E-state index contributed by atoms with van der Waals surface area (Å²) in [5.74, 6) is -0.0830. The molecule has 2 aromatic carbocycles. The number of carbonyl (C=O) groups is 2. The second kappa shape index (κ2) is 21.0. The van der Waals surface area contributed by atoms with E-state index in [4.69, 9.17) is 52.1 Å². The number of carbonyl (C=O) groups excluding carboxylic acids is 2. The molecule has 1 N–H and O–H groups in total. The van der Waals surface area contributed by atoms with Crippen LogP contribution >= 0.6 is 0 Å². The smallest absolute Gasteiger partial charge is 0.338 e. The minimum atomic E-state index is -0.731. The third-order valence-corrected chi connectivity index (χ3v) is 18.4. The van der Waals surface area contributed by atoms with E-state index in [1.807, 2.05) is 36.4 Å². The topological polar surface area (TPSA) is 156 Å². The number of hydrogen-bond donors (Lipinski definition) is 1. The molecule has 22 atom stereocenters. The van der Waals surface area contributed by atoms with Crippen LogP contribution in [0.15, 0.2) is 78.9 Å². The minimum absolute atomic E-state index is 0.0717. The van der Waals surface area contributed by atoms with Crippen molar-refractivity contribution in [1.82, 2.24) is 0 Å². The van der Waals surface area contributed by atoms with Crippen molar-refractivity contribution in [3.8, 4) is 0 Å². The molecule has 10 aliphatic rings. The number of benzene rings is 2. The highest BCUT2D eigenvalue weighted by atomic mass is 16.6. The van der Waals surface area contributed by atoms with Crippen LogP contribution in [0.1, 0.15) is 134 Å². The van der Waals surface area contributed by atoms with Gasteiger partial charge in [-0.15, -0.1) is 0 Å². The maximum atomic E-state index is 13.0. The highest BCUT2D eigenvalue weighted by Crippen LogP contribution is 2.49. The zero-order valence-electron chi connectivity index (χ0n) is 43.7. The van der Waals surface area contributed by atoms with Gasteiger partial charge < -0.3 is 57.2 Å². The van der Waals surface area contributed by atoms with Gasteiger partial charge in [0.15, 0.2) is 0 Å². The number of aliphatic hydroxyl groups is 1. The molecule has 402 valence electrons. The van der Waals surface area contributed by atoms with Crippen LogP contribution in [0, 0.1) is 11.8 Å². The summed E-state index contributed by atoms with van der Waals surface area (Å²) < 4.78 is 74.5. The Morgan fingerprint density at radius 1 is 0.676 bits per heavy atom. The van der Waals surface area contributed by atoms with E-state index in [-0.39, 0.29) is 123 Å². The van der Waals surface area contributed by atoms with Crippen LogP contribution < -0.4 is 0 Å². The molecule has 0 bridgehead atoms. The van der Waals surface area contributed by atoms with Gasteiger partial charge in [0.05, 0.1) is 109 Å². The lowest BCUT2D eigenvalue weighted by Gasteiger charge is -2.55. The zero-order chi connectivity index (χ0) is 50.9. The number of rotatable bonds is 5. The Balaban J connectivity index is 0.669. The molecule has 10 aliphatic heterocycles. The molecular weight excluding hydrogens is 945 g/mol. The molecule has 12 rings (SSSR count). The molecule has 14 nitrogen and oxygen atoms in total. The normalized spacial score (nSPS) is 47.0. The molecule has 2 aromatic rings. The lowest BCUT2D eigenvalue weighted by molar-refractivity contribution is -0.316. The van der Waals surface area contributed by atoms with E-state index in [9.17, 15) is 14.7 Å². The predicted octanol–water partition coefficient (Wildman–Crippen LogP) is 8.76. The molecule has 0 aromatic heterocycles. The number of ether oxygens (including phenoxy) is 11. The Hall–Kier alpha value is -3.54. The molecule has 0 saturated carbocycles. The van der Waals surface area contributed by atoms with E-state index in [0.29, 0.717) is 50.0 Å². The Labute approximate surface area is 436 Å². The fourth-order valence-corrected chi connectivity index (χ4v) is 14.8. The Bertz CT molecular complexity index is 2440. The molecule has 0 aliphatic carbocycles. The van der Waals surface area contributed by atoms with Crippen molar-refractivity contribution in [2.24, 2.45) is 11.8 Å². The van der Waals surface area contributed by atoms with Gasteiger partial charge in [-0.2, -0.15) is 0 Å². The summed E-state index contributed by atoms with van der Waals surface area (Å²) in [6.07, 6.45) is 14.6. The minimum Gasteiger partial charge on any atom is -0.459 e. The van der Waals surface area contributed by atoms with Crippen LogP contribution in [-0.2, 0) is 56.9 Å². The van der Waals surface area contributed by atoms with Crippen LogP contribution in [0.25, 0.3) is 10.8 Å².